The molecule has 0 aliphatic carbocycles. The van der Waals surface area contributed by atoms with Gasteiger partial charge in [-0.3, -0.25) is 13.9 Å². The summed E-state index contributed by atoms with van der Waals surface area (Å²) in [7, 11) is -4.30. The number of halogens is 4. The Bertz CT molecular complexity index is 1850. The number of amides is 2. The molecular formula is C35H35Cl4N3O4S. The van der Waals surface area contributed by atoms with Crippen molar-refractivity contribution in [3.8, 4) is 0 Å². The summed E-state index contributed by atoms with van der Waals surface area (Å²) in [6.07, 6.45) is 0.160. The largest absolute Gasteiger partial charge is 0.350 e. The predicted molar refractivity (Wildman–Crippen MR) is 191 cm³/mol. The fourth-order valence-electron chi connectivity index (χ4n) is 4.85. The Kier molecular flexibility index (Phi) is 11.9. The molecule has 1 N–H and O–H groups in total. The number of nitrogens with zero attached hydrogens (tertiary/aromatic N) is 2. The highest BCUT2D eigenvalue weighted by atomic mass is 35.5. The number of carbonyl (C=O) groups is 2. The molecule has 0 saturated heterocycles. The van der Waals surface area contributed by atoms with Crippen molar-refractivity contribution in [2.24, 2.45) is 0 Å². The molecule has 7 nitrogen and oxygen atoms in total. The minimum Gasteiger partial charge on any atom is -0.350 e. The third kappa shape index (κ3) is 9.64. The lowest BCUT2D eigenvalue weighted by Crippen LogP contribution is -2.56. The Morgan fingerprint density at radius 3 is 1.94 bits per heavy atom. The van der Waals surface area contributed by atoms with E-state index in [1.807, 2.05) is 58.0 Å². The van der Waals surface area contributed by atoms with Crippen LogP contribution in [-0.2, 0) is 32.6 Å². The van der Waals surface area contributed by atoms with E-state index in [4.69, 9.17) is 46.4 Å². The van der Waals surface area contributed by atoms with Crippen molar-refractivity contribution < 1.29 is 18.0 Å². The molecule has 2 amide bonds. The number of nitrogens with one attached hydrogen (secondary N) is 1. The number of aryl methyl sites for hydroxylation is 1. The fourth-order valence-corrected chi connectivity index (χ4v) is 6.87. The first-order valence-corrected chi connectivity index (χ1v) is 17.6. The standard InChI is InChI=1S/C35H35Cl4N3O4S/c1-23-10-14-27(15-11-23)47(45,46)42(26-13-17-29(37)31(39)20-26)22-33(43)41(21-25-12-16-28(36)30(38)18-25)32(34(44)40-35(2,3)4)19-24-8-6-5-7-9-24/h5-18,20,32H,19,21-22H2,1-4H3,(H,40,44)/t32-/m0/s1. The molecule has 0 bridgehead atoms. The van der Waals surface area contributed by atoms with Crippen LogP contribution in [0.15, 0.2) is 95.9 Å². The lowest BCUT2D eigenvalue weighted by Gasteiger charge is -2.35. The van der Waals surface area contributed by atoms with Crippen LogP contribution in [0.5, 0.6) is 0 Å². The van der Waals surface area contributed by atoms with E-state index in [9.17, 15) is 18.0 Å². The van der Waals surface area contributed by atoms with Crippen LogP contribution in [0, 0.1) is 6.92 Å². The predicted octanol–water partition coefficient (Wildman–Crippen LogP) is 8.36. The average Bonchev–Trinajstić information content (AvgIpc) is 3.00. The molecule has 4 rings (SSSR count). The van der Waals surface area contributed by atoms with Gasteiger partial charge in [-0.15, -0.1) is 0 Å². The zero-order chi connectivity index (χ0) is 34.5. The smallest absolute Gasteiger partial charge is 0.264 e. The summed E-state index contributed by atoms with van der Waals surface area (Å²) in [5.74, 6) is -1.04. The molecular weight excluding hydrogens is 700 g/mol. The van der Waals surface area contributed by atoms with Crippen LogP contribution in [-0.4, -0.2) is 43.3 Å². The first-order valence-electron chi connectivity index (χ1n) is 14.7. The quantitative estimate of drug-likeness (QED) is 0.168. The second-order valence-electron chi connectivity index (χ2n) is 12.1. The molecule has 4 aromatic carbocycles. The lowest BCUT2D eigenvalue weighted by molar-refractivity contribution is -0.140. The second kappa shape index (κ2) is 15.3. The highest BCUT2D eigenvalue weighted by Gasteiger charge is 2.36. The number of rotatable bonds is 11. The SMILES string of the molecule is Cc1ccc(S(=O)(=O)N(CC(=O)N(Cc2ccc(Cl)c(Cl)c2)[C@@H](Cc2ccccc2)C(=O)NC(C)(C)C)c2ccc(Cl)c(Cl)c2)cc1. The summed E-state index contributed by atoms with van der Waals surface area (Å²) in [5, 5.41) is 3.93. The second-order valence-corrected chi connectivity index (χ2v) is 15.6. The molecule has 4 aromatic rings. The van der Waals surface area contributed by atoms with Gasteiger partial charge < -0.3 is 10.2 Å². The van der Waals surface area contributed by atoms with Crippen LogP contribution < -0.4 is 9.62 Å². The van der Waals surface area contributed by atoms with E-state index in [0.717, 1.165) is 15.4 Å². The number of hydrogen-bond donors (Lipinski definition) is 1. The van der Waals surface area contributed by atoms with Crippen LogP contribution >= 0.6 is 46.4 Å². The topological polar surface area (TPSA) is 86.8 Å². The Balaban J connectivity index is 1.85. The van der Waals surface area contributed by atoms with E-state index >= 15 is 0 Å². The zero-order valence-corrected chi connectivity index (χ0v) is 30.1. The van der Waals surface area contributed by atoms with E-state index in [2.05, 4.69) is 5.32 Å². The van der Waals surface area contributed by atoms with Gasteiger partial charge in [0.25, 0.3) is 10.0 Å². The van der Waals surface area contributed by atoms with Gasteiger partial charge in [0.05, 0.1) is 30.7 Å². The molecule has 248 valence electrons. The molecule has 0 radical (unpaired) electrons. The number of sulfonamides is 1. The van der Waals surface area contributed by atoms with Gasteiger partial charge in [0, 0.05) is 18.5 Å². The summed E-state index contributed by atoms with van der Waals surface area (Å²) in [5.41, 5.74) is 1.77. The van der Waals surface area contributed by atoms with Crippen molar-refractivity contribution in [1.82, 2.24) is 10.2 Å². The molecule has 1 atom stereocenters. The van der Waals surface area contributed by atoms with Gasteiger partial charge in [-0.05, 0) is 81.3 Å². The number of anilines is 1. The monoisotopic (exact) mass is 733 g/mol. The number of carbonyl (C=O) groups excluding carboxylic acids is 2. The van der Waals surface area contributed by atoms with Gasteiger partial charge in [-0.1, -0.05) is 100 Å². The van der Waals surface area contributed by atoms with Crippen molar-refractivity contribution in [3.05, 3.63) is 128 Å². The average molecular weight is 736 g/mol. The van der Waals surface area contributed by atoms with Gasteiger partial charge in [0.2, 0.25) is 11.8 Å². The molecule has 47 heavy (non-hydrogen) atoms. The van der Waals surface area contributed by atoms with Crippen molar-refractivity contribution in [1.29, 1.82) is 0 Å². The third-order valence-corrected chi connectivity index (χ3v) is 10.5. The van der Waals surface area contributed by atoms with Crippen molar-refractivity contribution >= 4 is 73.9 Å². The normalized spacial score (nSPS) is 12.3. The summed E-state index contributed by atoms with van der Waals surface area (Å²) in [6, 6.07) is 23.8. The van der Waals surface area contributed by atoms with Gasteiger partial charge in [-0.2, -0.15) is 0 Å². The van der Waals surface area contributed by atoms with Gasteiger partial charge in [-0.25, -0.2) is 8.42 Å². The highest BCUT2D eigenvalue weighted by Crippen LogP contribution is 2.31. The Labute approximate surface area is 296 Å². The van der Waals surface area contributed by atoms with Gasteiger partial charge >= 0.3 is 0 Å². The molecule has 0 spiro atoms. The summed E-state index contributed by atoms with van der Waals surface area (Å²) in [4.78, 5) is 29.9. The van der Waals surface area contributed by atoms with Crippen LogP contribution in [0.4, 0.5) is 5.69 Å². The minimum atomic E-state index is -4.30. The first kappa shape index (κ1) is 36.6. The van der Waals surface area contributed by atoms with E-state index in [1.165, 1.54) is 35.2 Å². The maximum atomic E-state index is 14.6. The number of benzene rings is 4. The molecule has 0 aromatic heterocycles. The highest BCUT2D eigenvalue weighted by molar-refractivity contribution is 7.92. The van der Waals surface area contributed by atoms with Gasteiger partial charge in [0.15, 0.2) is 0 Å². The van der Waals surface area contributed by atoms with Crippen LogP contribution in [0.1, 0.15) is 37.5 Å². The third-order valence-electron chi connectivity index (χ3n) is 7.19. The van der Waals surface area contributed by atoms with E-state index in [-0.39, 0.29) is 38.6 Å². The summed E-state index contributed by atoms with van der Waals surface area (Å²) < 4.78 is 29.4. The van der Waals surface area contributed by atoms with E-state index < -0.39 is 40.0 Å². The molecule has 12 heteroatoms. The molecule has 0 aliphatic heterocycles. The zero-order valence-electron chi connectivity index (χ0n) is 26.3. The maximum Gasteiger partial charge on any atom is 0.264 e. The van der Waals surface area contributed by atoms with E-state index in [1.54, 1.807) is 30.3 Å². The fraction of sp³-hybridized carbons (Fsp3) is 0.257. The lowest BCUT2D eigenvalue weighted by atomic mass is 10.0. The van der Waals surface area contributed by atoms with Crippen molar-refractivity contribution in [2.45, 2.75) is 57.1 Å². The summed E-state index contributed by atoms with van der Waals surface area (Å²) >= 11 is 25.0. The Morgan fingerprint density at radius 1 is 0.766 bits per heavy atom. The number of hydrogen-bond acceptors (Lipinski definition) is 4. The van der Waals surface area contributed by atoms with Crippen LogP contribution in [0.2, 0.25) is 20.1 Å². The Morgan fingerprint density at radius 2 is 1.36 bits per heavy atom. The van der Waals surface area contributed by atoms with Gasteiger partial charge in [0.1, 0.15) is 12.6 Å². The first-order chi connectivity index (χ1) is 22.0. The van der Waals surface area contributed by atoms with Crippen LogP contribution in [0.3, 0.4) is 0 Å². The molecule has 0 fully saturated rings. The molecule has 0 aliphatic rings. The van der Waals surface area contributed by atoms with E-state index in [0.29, 0.717) is 10.6 Å². The molecule has 0 saturated carbocycles. The summed E-state index contributed by atoms with van der Waals surface area (Å²) in [6.45, 7) is 6.66. The minimum absolute atomic E-state index is 0.0238. The molecule has 0 unspecified atom stereocenters. The molecule has 0 heterocycles. The Hall–Kier alpha value is -3.27. The van der Waals surface area contributed by atoms with Crippen molar-refractivity contribution in [2.75, 3.05) is 10.8 Å². The van der Waals surface area contributed by atoms with Crippen LogP contribution in [0.25, 0.3) is 0 Å². The van der Waals surface area contributed by atoms with Crippen molar-refractivity contribution in [3.63, 3.8) is 0 Å². The maximum absolute atomic E-state index is 14.6.